The number of ether oxygens (including phenoxy) is 1. The summed E-state index contributed by atoms with van der Waals surface area (Å²) >= 11 is 0. The predicted octanol–water partition coefficient (Wildman–Crippen LogP) is 2.71. The van der Waals surface area contributed by atoms with E-state index in [1.54, 1.807) is 6.20 Å². The van der Waals surface area contributed by atoms with E-state index in [9.17, 15) is 4.79 Å². The van der Waals surface area contributed by atoms with E-state index >= 15 is 0 Å². The van der Waals surface area contributed by atoms with Crippen LogP contribution < -0.4 is 5.73 Å². The second-order valence-electron chi connectivity index (χ2n) is 4.99. The van der Waals surface area contributed by atoms with Gasteiger partial charge in [0.1, 0.15) is 18.4 Å². The fraction of sp³-hybridized carbons (Fsp3) is 0.294. The molecule has 0 fully saturated rings. The molecule has 0 radical (unpaired) electrons. The molecule has 0 saturated carbocycles. The van der Waals surface area contributed by atoms with Crippen LogP contribution in [0, 0.1) is 0 Å². The molecule has 1 aromatic heterocycles. The van der Waals surface area contributed by atoms with Crippen molar-refractivity contribution in [3.05, 3.63) is 59.8 Å². The zero-order chi connectivity index (χ0) is 15.9. The molecule has 1 aromatic carbocycles. The Balaban J connectivity index is 1.87. The monoisotopic (exact) mass is 300 g/mol. The van der Waals surface area contributed by atoms with Gasteiger partial charge in [-0.25, -0.2) is 4.98 Å². The molecular formula is C17H20N2O3. The number of nitrogens with zero attached hydrogens (tertiary/aromatic N) is 1. The minimum Gasteiger partial charge on any atom is -0.460 e. The molecule has 2 aromatic rings. The van der Waals surface area contributed by atoms with E-state index in [-0.39, 0.29) is 13.0 Å². The van der Waals surface area contributed by atoms with Crippen LogP contribution in [-0.2, 0) is 22.6 Å². The Bertz CT molecular complexity index is 647. The number of allylic oxidation sites excluding steroid dienone is 2. The number of aromatic nitrogens is 1. The first-order chi connectivity index (χ1) is 10.6. The van der Waals surface area contributed by atoms with Crippen molar-refractivity contribution >= 4 is 11.5 Å². The molecule has 1 unspecified atom stereocenters. The molecule has 0 aliphatic carbocycles. The Labute approximate surface area is 129 Å². The topological polar surface area (TPSA) is 78.3 Å². The zero-order valence-corrected chi connectivity index (χ0v) is 12.8. The first-order valence-electron chi connectivity index (χ1n) is 7.14. The summed E-state index contributed by atoms with van der Waals surface area (Å²) in [5.74, 6) is 0.647. The molecule has 22 heavy (non-hydrogen) atoms. The molecule has 2 N–H and O–H groups in total. The standard InChI is InChI=1S/C17H20N2O3/c1-3-12(2)15-10-19-16(22-15)9-14(18)17(20)21-11-13-7-5-4-6-8-13/h3-8,10,14H,9,11,18H2,1-2H3/b12-3+. The van der Waals surface area contributed by atoms with Crippen LogP contribution in [0.2, 0.25) is 0 Å². The van der Waals surface area contributed by atoms with Crippen molar-refractivity contribution in [3.63, 3.8) is 0 Å². The van der Waals surface area contributed by atoms with Crippen molar-refractivity contribution in [3.8, 4) is 0 Å². The molecular weight excluding hydrogens is 280 g/mol. The molecule has 0 spiro atoms. The highest BCUT2D eigenvalue weighted by atomic mass is 16.5. The summed E-state index contributed by atoms with van der Waals surface area (Å²) in [7, 11) is 0. The van der Waals surface area contributed by atoms with E-state index in [1.165, 1.54) is 0 Å². The van der Waals surface area contributed by atoms with Crippen LogP contribution in [-0.4, -0.2) is 17.0 Å². The lowest BCUT2D eigenvalue weighted by molar-refractivity contribution is -0.146. The first-order valence-corrected chi connectivity index (χ1v) is 7.14. The van der Waals surface area contributed by atoms with Crippen LogP contribution in [0.1, 0.15) is 31.1 Å². The number of carbonyl (C=O) groups excluding carboxylic acids is 1. The average Bonchev–Trinajstić information content (AvgIpc) is 3.01. The molecule has 2 rings (SSSR count). The smallest absolute Gasteiger partial charge is 0.323 e. The minimum absolute atomic E-state index is 0.210. The van der Waals surface area contributed by atoms with Gasteiger partial charge < -0.3 is 14.9 Å². The minimum atomic E-state index is -0.791. The van der Waals surface area contributed by atoms with Gasteiger partial charge in [-0.3, -0.25) is 4.79 Å². The molecule has 1 heterocycles. The van der Waals surface area contributed by atoms with Gasteiger partial charge in [0, 0.05) is 0 Å². The molecule has 116 valence electrons. The second kappa shape index (κ2) is 7.56. The third-order valence-corrected chi connectivity index (χ3v) is 3.30. The van der Waals surface area contributed by atoms with Gasteiger partial charge in [0.2, 0.25) is 0 Å². The molecule has 5 nitrogen and oxygen atoms in total. The normalized spacial score (nSPS) is 13.0. The fourth-order valence-electron chi connectivity index (χ4n) is 1.84. The van der Waals surface area contributed by atoms with Gasteiger partial charge in [0.15, 0.2) is 5.89 Å². The summed E-state index contributed by atoms with van der Waals surface area (Å²) in [6.45, 7) is 4.06. The van der Waals surface area contributed by atoms with Crippen molar-refractivity contribution in [1.29, 1.82) is 0 Å². The zero-order valence-electron chi connectivity index (χ0n) is 12.8. The van der Waals surface area contributed by atoms with Gasteiger partial charge in [-0.05, 0) is 25.0 Å². The summed E-state index contributed by atoms with van der Waals surface area (Å²) in [5.41, 5.74) is 7.75. The summed E-state index contributed by atoms with van der Waals surface area (Å²) in [5, 5.41) is 0. The van der Waals surface area contributed by atoms with Gasteiger partial charge in [-0.1, -0.05) is 36.4 Å². The number of rotatable bonds is 6. The Kier molecular flexibility index (Phi) is 5.49. The molecule has 0 aliphatic rings. The highest BCUT2D eigenvalue weighted by molar-refractivity contribution is 5.75. The maximum Gasteiger partial charge on any atom is 0.323 e. The van der Waals surface area contributed by atoms with E-state index in [0.29, 0.717) is 11.7 Å². The van der Waals surface area contributed by atoms with E-state index in [4.69, 9.17) is 14.9 Å². The van der Waals surface area contributed by atoms with E-state index in [2.05, 4.69) is 4.98 Å². The van der Waals surface area contributed by atoms with Crippen LogP contribution >= 0.6 is 0 Å². The Hall–Kier alpha value is -2.40. The number of oxazole rings is 1. The van der Waals surface area contributed by atoms with E-state index in [1.807, 2.05) is 50.3 Å². The van der Waals surface area contributed by atoms with Crippen LogP contribution in [0.3, 0.4) is 0 Å². The van der Waals surface area contributed by atoms with E-state index in [0.717, 1.165) is 11.1 Å². The summed E-state index contributed by atoms with van der Waals surface area (Å²) in [4.78, 5) is 16.0. The molecule has 5 heteroatoms. The highest BCUT2D eigenvalue weighted by Gasteiger charge is 2.19. The van der Waals surface area contributed by atoms with Crippen molar-refractivity contribution in [2.75, 3.05) is 0 Å². The van der Waals surface area contributed by atoms with Gasteiger partial charge in [-0.2, -0.15) is 0 Å². The first kappa shape index (κ1) is 16.0. The summed E-state index contributed by atoms with van der Waals surface area (Å²) in [6, 6.07) is 8.67. The Morgan fingerprint density at radius 3 is 2.82 bits per heavy atom. The van der Waals surface area contributed by atoms with Crippen molar-refractivity contribution in [1.82, 2.24) is 4.98 Å². The molecule has 0 amide bonds. The predicted molar refractivity (Wildman–Crippen MR) is 83.7 cm³/mol. The Morgan fingerprint density at radius 2 is 2.14 bits per heavy atom. The number of benzene rings is 1. The van der Waals surface area contributed by atoms with Crippen LogP contribution in [0.5, 0.6) is 0 Å². The van der Waals surface area contributed by atoms with Crippen molar-refractivity contribution in [2.45, 2.75) is 32.9 Å². The lowest BCUT2D eigenvalue weighted by Gasteiger charge is -2.09. The third-order valence-electron chi connectivity index (χ3n) is 3.30. The third kappa shape index (κ3) is 4.30. The number of nitrogens with two attached hydrogens (primary N) is 1. The molecule has 0 saturated heterocycles. The largest absolute Gasteiger partial charge is 0.460 e. The van der Waals surface area contributed by atoms with Crippen molar-refractivity contribution < 1.29 is 13.9 Å². The van der Waals surface area contributed by atoms with Gasteiger partial charge in [0.05, 0.1) is 12.6 Å². The van der Waals surface area contributed by atoms with Crippen LogP contribution in [0.15, 0.2) is 47.0 Å². The van der Waals surface area contributed by atoms with Gasteiger partial charge >= 0.3 is 5.97 Å². The molecule has 1 atom stereocenters. The van der Waals surface area contributed by atoms with Gasteiger partial charge in [0.25, 0.3) is 0 Å². The molecule has 0 aliphatic heterocycles. The van der Waals surface area contributed by atoms with Crippen molar-refractivity contribution in [2.24, 2.45) is 5.73 Å². The lowest BCUT2D eigenvalue weighted by Crippen LogP contribution is -2.34. The molecule has 0 bridgehead atoms. The number of hydrogen-bond donors (Lipinski definition) is 1. The number of carbonyl (C=O) groups is 1. The second-order valence-corrected chi connectivity index (χ2v) is 4.99. The quantitative estimate of drug-likeness (QED) is 0.830. The maximum absolute atomic E-state index is 11.9. The van der Waals surface area contributed by atoms with Gasteiger partial charge in [-0.15, -0.1) is 0 Å². The summed E-state index contributed by atoms with van der Waals surface area (Å²) < 4.78 is 10.7. The average molecular weight is 300 g/mol. The summed E-state index contributed by atoms with van der Waals surface area (Å²) in [6.07, 6.45) is 3.77. The Morgan fingerprint density at radius 1 is 1.41 bits per heavy atom. The van der Waals surface area contributed by atoms with Crippen LogP contribution in [0.25, 0.3) is 5.57 Å². The SMILES string of the molecule is C/C=C(\C)c1cnc(CC(N)C(=O)OCc2ccccc2)o1. The number of hydrogen-bond acceptors (Lipinski definition) is 5. The van der Waals surface area contributed by atoms with E-state index < -0.39 is 12.0 Å². The van der Waals surface area contributed by atoms with Crippen LogP contribution in [0.4, 0.5) is 0 Å². The lowest BCUT2D eigenvalue weighted by atomic mass is 10.2. The fourth-order valence-corrected chi connectivity index (χ4v) is 1.84. The number of esters is 1. The highest BCUT2D eigenvalue weighted by Crippen LogP contribution is 2.15. The maximum atomic E-state index is 11.9.